The molecular weight excluding hydrogens is 214 g/mol. The number of hydrogen-bond acceptors (Lipinski definition) is 4. The third-order valence-electron chi connectivity index (χ3n) is 2.95. The standard InChI is InChI=1S/C13H15N3O/c1-2-4-12-11(3-1)5-6-14-13(12)15-16-7-9-17-10-8-16/h1-6H,7-10H2,(H,14,15). The second-order valence-corrected chi connectivity index (χ2v) is 4.09. The highest BCUT2D eigenvalue weighted by atomic mass is 16.5. The second-order valence-electron chi connectivity index (χ2n) is 4.09. The molecule has 2 aromatic rings. The molecule has 1 aliphatic rings. The molecule has 1 fully saturated rings. The molecule has 0 saturated carbocycles. The summed E-state index contributed by atoms with van der Waals surface area (Å²) in [7, 11) is 0. The lowest BCUT2D eigenvalue weighted by Gasteiger charge is -2.27. The van der Waals surface area contributed by atoms with E-state index >= 15 is 0 Å². The SMILES string of the molecule is c1ccc2c(NN3CCOCC3)nccc2c1. The third-order valence-corrected chi connectivity index (χ3v) is 2.95. The predicted octanol–water partition coefficient (Wildman–Crippen LogP) is 1.89. The summed E-state index contributed by atoms with van der Waals surface area (Å²) in [4.78, 5) is 4.41. The van der Waals surface area contributed by atoms with Crippen LogP contribution in [-0.2, 0) is 4.74 Å². The average Bonchev–Trinajstić information content (AvgIpc) is 2.40. The Morgan fingerprint density at radius 1 is 1.12 bits per heavy atom. The summed E-state index contributed by atoms with van der Waals surface area (Å²) in [6.45, 7) is 3.34. The van der Waals surface area contributed by atoms with E-state index in [1.54, 1.807) is 0 Å². The summed E-state index contributed by atoms with van der Waals surface area (Å²) in [6, 6.07) is 10.3. The van der Waals surface area contributed by atoms with Crippen LogP contribution in [0.4, 0.5) is 5.82 Å². The van der Waals surface area contributed by atoms with E-state index in [0.29, 0.717) is 0 Å². The molecule has 1 aromatic heterocycles. The molecule has 1 aromatic carbocycles. The molecule has 0 unspecified atom stereocenters. The minimum absolute atomic E-state index is 0.776. The smallest absolute Gasteiger partial charge is 0.148 e. The van der Waals surface area contributed by atoms with Crippen LogP contribution in [-0.4, -0.2) is 36.3 Å². The maximum absolute atomic E-state index is 5.32. The van der Waals surface area contributed by atoms with Crippen molar-refractivity contribution in [1.29, 1.82) is 0 Å². The van der Waals surface area contributed by atoms with Gasteiger partial charge in [-0.2, -0.15) is 0 Å². The van der Waals surface area contributed by atoms with Gasteiger partial charge in [-0.1, -0.05) is 24.3 Å². The zero-order valence-corrected chi connectivity index (χ0v) is 9.60. The molecular formula is C13H15N3O. The number of hydrogen-bond donors (Lipinski definition) is 1. The lowest BCUT2D eigenvalue weighted by atomic mass is 10.2. The molecule has 1 aliphatic heterocycles. The van der Waals surface area contributed by atoms with Crippen molar-refractivity contribution < 1.29 is 4.74 Å². The van der Waals surface area contributed by atoms with Crippen LogP contribution < -0.4 is 5.43 Å². The van der Waals surface area contributed by atoms with Crippen molar-refractivity contribution in [3.63, 3.8) is 0 Å². The van der Waals surface area contributed by atoms with Crippen LogP contribution in [0.1, 0.15) is 0 Å². The first-order valence-corrected chi connectivity index (χ1v) is 5.86. The molecule has 4 nitrogen and oxygen atoms in total. The Kier molecular flexibility index (Phi) is 2.90. The highest BCUT2D eigenvalue weighted by Crippen LogP contribution is 2.20. The van der Waals surface area contributed by atoms with E-state index in [1.807, 2.05) is 24.4 Å². The Morgan fingerprint density at radius 3 is 2.82 bits per heavy atom. The minimum Gasteiger partial charge on any atom is -0.379 e. The van der Waals surface area contributed by atoms with Crippen molar-refractivity contribution in [2.75, 3.05) is 31.7 Å². The van der Waals surface area contributed by atoms with Gasteiger partial charge in [0.15, 0.2) is 0 Å². The lowest BCUT2D eigenvalue weighted by molar-refractivity contribution is 0.0495. The van der Waals surface area contributed by atoms with Gasteiger partial charge in [-0.25, -0.2) is 9.99 Å². The fraction of sp³-hybridized carbons (Fsp3) is 0.308. The van der Waals surface area contributed by atoms with E-state index in [2.05, 4.69) is 27.6 Å². The molecule has 0 atom stereocenters. The summed E-state index contributed by atoms with van der Waals surface area (Å²) in [6.07, 6.45) is 1.84. The predicted molar refractivity (Wildman–Crippen MR) is 67.8 cm³/mol. The average molecular weight is 229 g/mol. The van der Waals surface area contributed by atoms with Gasteiger partial charge in [0.1, 0.15) is 5.82 Å². The number of hydrazine groups is 1. The molecule has 0 radical (unpaired) electrons. The second kappa shape index (κ2) is 4.69. The summed E-state index contributed by atoms with van der Waals surface area (Å²) < 4.78 is 5.32. The number of aromatic nitrogens is 1. The summed E-state index contributed by atoms with van der Waals surface area (Å²) in [5, 5.41) is 4.51. The Balaban J connectivity index is 1.89. The first-order valence-electron chi connectivity index (χ1n) is 5.86. The van der Waals surface area contributed by atoms with E-state index in [4.69, 9.17) is 4.74 Å². The molecule has 0 aliphatic carbocycles. The van der Waals surface area contributed by atoms with Crippen molar-refractivity contribution in [1.82, 2.24) is 9.99 Å². The molecule has 17 heavy (non-hydrogen) atoms. The van der Waals surface area contributed by atoms with E-state index in [9.17, 15) is 0 Å². The number of pyridine rings is 1. The minimum atomic E-state index is 0.776. The van der Waals surface area contributed by atoms with E-state index < -0.39 is 0 Å². The molecule has 0 bridgehead atoms. The lowest BCUT2D eigenvalue weighted by Crippen LogP contribution is -2.40. The number of nitrogens with one attached hydrogen (secondary N) is 1. The van der Waals surface area contributed by atoms with Gasteiger partial charge in [0.25, 0.3) is 0 Å². The fourth-order valence-electron chi connectivity index (χ4n) is 2.03. The van der Waals surface area contributed by atoms with Gasteiger partial charge in [0, 0.05) is 24.7 Å². The molecule has 1 N–H and O–H groups in total. The van der Waals surface area contributed by atoms with Crippen molar-refractivity contribution in [2.45, 2.75) is 0 Å². The number of ether oxygens (including phenoxy) is 1. The quantitative estimate of drug-likeness (QED) is 0.853. The van der Waals surface area contributed by atoms with Crippen molar-refractivity contribution >= 4 is 16.6 Å². The van der Waals surface area contributed by atoms with Crippen molar-refractivity contribution in [3.8, 4) is 0 Å². The van der Waals surface area contributed by atoms with Crippen LogP contribution in [0.3, 0.4) is 0 Å². The molecule has 88 valence electrons. The number of rotatable bonds is 2. The number of anilines is 1. The third kappa shape index (κ3) is 2.23. The monoisotopic (exact) mass is 229 g/mol. The van der Waals surface area contributed by atoms with Crippen molar-refractivity contribution in [2.24, 2.45) is 0 Å². The van der Waals surface area contributed by atoms with Gasteiger partial charge in [-0.05, 0) is 11.5 Å². The Bertz CT molecular complexity index is 503. The van der Waals surface area contributed by atoms with Crippen molar-refractivity contribution in [3.05, 3.63) is 36.5 Å². The Hall–Kier alpha value is -1.65. The van der Waals surface area contributed by atoms with Crippen LogP contribution in [0, 0.1) is 0 Å². The van der Waals surface area contributed by atoms with E-state index in [-0.39, 0.29) is 0 Å². The largest absolute Gasteiger partial charge is 0.379 e. The van der Waals surface area contributed by atoms with Crippen LogP contribution in [0.15, 0.2) is 36.5 Å². The normalized spacial score (nSPS) is 17.2. The Morgan fingerprint density at radius 2 is 1.94 bits per heavy atom. The van der Waals surface area contributed by atoms with Crippen LogP contribution in [0.25, 0.3) is 10.8 Å². The molecule has 1 saturated heterocycles. The van der Waals surface area contributed by atoms with Gasteiger partial charge >= 0.3 is 0 Å². The van der Waals surface area contributed by atoms with E-state index in [0.717, 1.165) is 37.5 Å². The summed E-state index contributed by atoms with van der Waals surface area (Å²) in [5.74, 6) is 0.921. The number of morpholine rings is 1. The summed E-state index contributed by atoms with van der Waals surface area (Å²) in [5.41, 5.74) is 3.37. The van der Waals surface area contributed by atoms with Gasteiger partial charge in [0.2, 0.25) is 0 Å². The highest BCUT2D eigenvalue weighted by Gasteiger charge is 2.11. The first kappa shape index (κ1) is 10.5. The van der Waals surface area contributed by atoms with Gasteiger partial charge in [-0.3, -0.25) is 0 Å². The van der Waals surface area contributed by atoms with Gasteiger partial charge in [0.05, 0.1) is 13.2 Å². The summed E-state index contributed by atoms with van der Waals surface area (Å²) >= 11 is 0. The number of benzene rings is 1. The molecule has 4 heteroatoms. The highest BCUT2D eigenvalue weighted by molar-refractivity contribution is 5.91. The van der Waals surface area contributed by atoms with Gasteiger partial charge in [-0.15, -0.1) is 0 Å². The molecule has 2 heterocycles. The van der Waals surface area contributed by atoms with Crippen LogP contribution >= 0.6 is 0 Å². The molecule has 3 rings (SSSR count). The first-order chi connectivity index (χ1) is 8.43. The zero-order chi connectivity index (χ0) is 11.5. The van der Waals surface area contributed by atoms with Crippen LogP contribution in [0.5, 0.6) is 0 Å². The number of fused-ring (bicyclic) bond motifs is 1. The maximum Gasteiger partial charge on any atom is 0.148 e. The zero-order valence-electron chi connectivity index (χ0n) is 9.60. The number of nitrogens with zero attached hydrogens (tertiary/aromatic N) is 2. The van der Waals surface area contributed by atoms with E-state index in [1.165, 1.54) is 5.39 Å². The van der Waals surface area contributed by atoms with Gasteiger partial charge < -0.3 is 10.2 Å². The molecule has 0 amide bonds. The maximum atomic E-state index is 5.32. The molecule has 0 spiro atoms. The Labute approximate surface area is 100 Å². The fourth-order valence-corrected chi connectivity index (χ4v) is 2.03. The van der Waals surface area contributed by atoms with Crippen LogP contribution in [0.2, 0.25) is 0 Å². The topological polar surface area (TPSA) is 37.4 Å².